The van der Waals surface area contributed by atoms with Gasteiger partial charge in [-0.1, -0.05) is 48.5 Å². The van der Waals surface area contributed by atoms with Gasteiger partial charge in [-0.15, -0.1) is 5.10 Å². The topological polar surface area (TPSA) is 158 Å². The van der Waals surface area contributed by atoms with Gasteiger partial charge in [0.1, 0.15) is 12.6 Å². The molecule has 1 saturated heterocycles. The number of anilines is 1. The number of likely N-dealkylation sites (tertiary alicyclic amines) is 1. The van der Waals surface area contributed by atoms with Crippen LogP contribution in [-0.2, 0) is 9.53 Å². The molecule has 5 rings (SSSR count). The Kier molecular flexibility index (Phi) is 5.46. The lowest BCUT2D eigenvalue weighted by atomic mass is 9.98. The van der Waals surface area contributed by atoms with Gasteiger partial charge in [0.25, 0.3) is 11.9 Å². The summed E-state index contributed by atoms with van der Waals surface area (Å²) in [5.41, 5.74) is 4.36. The summed E-state index contributed by atoms with van der Waals surface area (Å²) in [5.74, 6) is -2.52. The molecule has 1 aliphatic carbocycles. The molecule has 1 fully saturated rings. The summed E-state index contributed by atoms with van der Waals surface area (Å²) >= 11 is 0. The van der Waals surface area contributed by atoms with E-state index in [0.717, 1.165) is 27.2 Å². The van der Waals surface area contributed by atoms with Crippen LogP contribution in [0.2, 0.25) is 0 Å². The van der Waals surface area contributed by atoms with Crippen molar-refractivity contribution in [3.8, 4) is 11.1 Å². The molecule has 2 aromatic carbocycles. The molecule has 0 saturated carbocycles. The largest absolute Gasteiger partial charge is 0.480 e. The summed E-state index contributed by atoms with van der Waals surface area (Å²) < 4.78 is 5.43. The summed E-state index contributed by atoms with van der Waals surface area (Å²) in [6.45, 7) is -0.0341. The van der Waals surface area contributed by atoms with Crippen LogP contribution in [0.3, 0.4) is 0 Å². The minimum atomic E-state index is -1.22. The number of carbonyl (C=O) groups is 3. The van der Waals surface area contributed by atoms with Gasteiger partial charge in [-0.25, -0.2) is 9.59 Å². The van der Waals surface area contributed by atoms with Crippen LogP contribution in [-0.4, -0.2) is 73.6 Å². The van der Waals surface area contributed by atoms with Gasteiger partial charge in [0.05, 0.1) is 6.10 Å². The van der Waals surface area contributed by atoms with E-state index in [9.17, 15) is 24.6 Å². The average Bonchev–Trinajstić information content (AvgIpc) is 3.53. The molecule has 2 heterocycles. The van der Waals surface area contributed by atoms with Crippen molar-refractivity contribution in [1.29, 1.82) is 0 Å². The minimum absolute atomic E-state index is 0.0694. The average molecular weight is 463 g/mol. The SMILES string of the molecule is O=C(Nc1n[nH]c(C(=O)N2C[C@@H](O)C[C@H]2C(=O)O)n1)OCC1c2ccccc2-c2ccccc21. The van der Waals surface area contributed by atoms with Crippen molar-refractivity contribution in [2.45, 2.75) is 24.5 Å². The Bertz CT molecular complexity index is 1230. The van der Waals surface area contributed by atoms with Gasteiger partial charge in [0, 0.05) is 18.9 Å². The van der Waals surface area contributed by atoms with Crippen LogP contribution in [0.25, 0.3) is 11.1 Å². The lowest BCUT2D eigenvalue weighted by molar-refractivity contribution is -0.141. The van der Waals surface area contributed by atoms with Crippen molar-refractivity contribution in [2.75, 3.05) is 18.5 Å². The fraction of sp³-hybridized carbons (Fsp3) is 0.261. The molecule has 0 radical (unpaired) electrons. The van der Waals surface area contributed by atoms with Crippen molar-refractivity contribution >= 4 is 23.9 Å². The number of carboxylic acids is 1. The fourth-order valence-electron chi connectivity index (χ4n) is 4.55. The highest BCUT2D eigenvalue weighted by Gasteiger charge is 2.40. The Morgan fingerprint density at radius 2 is 1.74 bits per heavy atom. The standard InChI is InChI=1S/C23H21N5O6/c29-12-9-18(21(31)32)28(10-12)20(30)19-24-22(27-26-19)25-23(33)34-11-17-15-7-3-1-5-13(15)14-6-2-4-8-16(14)17/h1-8,12,17-18,29H,9-11H2,(H,31,32)(H2,24,25,26,27,33)/t12-,18-/m0/s1. The highest BCUT2D eigenvalue weighted by atomic mass is 16.5. The fourth-order valence-corrected chi connectivity index (χ4v) is 4.55. The number of hydrogen-bond donors (Lipinski definition) is 4. The first-order valence-electron chi connectivity index (χ1n) is 10.7. The Morgan fingerprint density at radius 3 is 2.38 bits per heavy atom. The second-order valence-electron chi connectivity index (χ2n) is 8.16. The molecule has 11 nitrogen and oxygen atoms in total. The number of aliphatic hydroxyl groups is 1. The Hall–Kier alpha value is -4.25. The maximum absolute atomic E-state index is 12.6. The van der Waals surface area contributed by atoms with E-state index in [2.05, 4.69) is 20.5 Å². The molecule has 174 valence electrons. The number of H-pyrrole nitrogens is 1. The summed E-state index contributed by atoms with van der Waals surface area (Å²) in [6.07, 6.45) is -1.80. The Balaban J connectivity index is 1.23. The number of aliphatic carboxylic acids is 1. The van der Waals surface area contributed by atoms with E-state index in [4.69, 9.17) is 4.74 Å². The number of aromatic amines is 1. The van der Waals surface area contributed by atoms with Gasteiger partial charge in [-0.3, -0.25) is 15.2 Å². The smallest absolute Gasteiger partial charge is 0.414 e. The number of fused-ring (bicyclic) bond motifs is 3. The van der Waals surface area contributed by atoms with Crippen LogP contribution in [0, 0.1) is 0 Å². The number of benzene rings is 2. The van der Waals surface area contributed by atoms with Crippen molar-refractivity contribution in [3.63, 3.8) is 0 Å². The van der Waals surface area contributed by atoms with Crippen molar-refractivity contribution < 1.29 is 29.3 Å². The molecule has 1 aromatic heterocycles. The van der Waals surface area contributed by atoms with Crippen molar-refractivity contribution in [1.82, 2.24) is 20.1 Å². The highest BCUT2D eigenvalue weighted by Crippen LogP contribution is 2.44. The molecule has 0 spiro atoms. The number of nitrogens with zero attached hydrogens (tertiary/aromatic N) is 3. The molecule has 34 heavy (non-hydrogen) atoms. The number of rotatable bonds is 5. The molecule has 0 bridgehead atoms. The van der Waals surface area contributed by atoms with E-state index in [1.807, 2.05) is 48.5 Å². The third-order valence-electron chi connectivity index (χ3n) is 6.07. The molecule has 2 atom stereocenters. The third kappa shape index (κ3) is 3.86. The number of aromatic nitrogens is 3. The van der Waals surface area contributed by atoms with E-state index < -0.39 is 30.1 Å². The van der Waals surface area contributed by atoms with Crippen molar-refractivity contribution in [3.05, 3.63) is 65.5 Å². The number of β-amino-alcohol motifs (C(OH)–C–C–N with tert-alkyl or cyclic N) is 1. The predicted molar refractivity (Wildman–Crippen MR) is 118 cm³/mol. The normalized spacial score (nSPS) is 18.9. The van der Waals surface area contributed by atoms with Crippen LogP contribution in [0.1, 0.15) is 34.1 Å². The maximum Gasteiger partial charge on any atom is 0.414 e. The molecule has 2 amide bonds. The van der Waals surface area contributed by atoms with E-state index in [1.54, 1.807) is 0 Å². The Morgan fingerprint density at radius 1 is 1.09 bits per heavy atom. The quantitative estimate of drug-likeness (QED) is 0.446. The molecule has 3 aromatic rings. The lowest BCUT2D eigenvalue weighted by Gasteiger charge is -2.19. The molecule has 11 heteroatoms. The molecular weight excluding hydrogens is 442 g/mol. The molecular formula is C23H21N5O6. The van der Waals surface area contributed by atoms with E-state index in [1.165, 1.54) is 0 Å². The van der Waals surface area contributed by atoms with Gasteiger partial charge in [-0.05, 0) is 22.3 Å². The summed E-state index contributed by atoms with van der Waals surface area (Å²) in [6, 6.07) is 14.7. The second kappa shape index (κ2) is 8.60. The number of carboxylic acid groups (broad SMARTS) is 1. The van der Waals surface area contributed by atoms with Gasteiger partial charge in [0.2, 0.25) is 5.82 Å². The Labute approximate surface area is 193 Å². The van der Waals surface area contributed by atoms with Gasteiger partial charge in [-0.2, -0.15) is 4.98 Å². The van der Waals surface area contributed by atoms with Gasteiger partial charge in [0.15, 0.2) is 0 Å². The van der Waals surface area contributed by atoms with E-state index in [-0.39, 0.29) is 37.3 Å². The molecule has 4 N–H and O–H groups in total. The summed E-state index contributed by atoms with van der Waals surface area (Å²) in [5, 5.41) is 27.5. The molecule has 1 aliphatic heterocycles. The monoisotopic (exact) mass is 463 g/mol. The second-order valence-corrected chi connectivity index (χ2v) is 8.16. The lowest BCUT2D eigenvalue weighted by Crippen LogP contribution is -2.41. The zero-order chi connectivity index (χ0) is 23.8. The van der Waals surface area contributed by atoms with Crippen LogP contribution in [0.5, 0.6) is 0 Å². The zero-order valence-electron chi connectivity index (χ0n) is 17.8. The van der Waals surface area contributed by atoms with Gasteiger partial charge < -0.3 is 19.8 Å². The van der Waals surface area contributed by atoms with E-state index >= 15 is 0 Å². The van der Waals surface area contributed by atoms with E-state index in [0.29, 0.717) is 0 Å². The first kappa shape index (κ1) is 21.6. The van der Waals surface area contributed by atoms with Crippen LogP contribution >= 0.6 is 0 Å². The van der Waals surface area contributed by atoms with Crippen LogP contribution in [0.4, 0.5) is 10.7 Å². The van der Waals surface area contributed by atoms with Crippen LogP contribution < -0.4 is 5.32 Å². The highest BCUT2D eigenvalue weighted by molar-refractivity contribution is 5.94. The molecule has 0 unspecified atom stereocenters. The third-order valence-corrected chi connectivity index (χ3v) is 6.07. The number of hydrogen-bond acceptors (Lipinski definition) is 7. The number of ether oxygens (including phenoxy) is 1. The number of carbonyl (C=O) groups excluding carboxylic acids is 2. The van der Waals surface area contributed by atoms with Gasteiger partial charge >= 0.3 is 12.1 Å². The summed E-state index contributed by atoms with van der Waals surface area (Å²) in [7, 11) is 0. The number of amides is 2. The first-order chi connectivity index (χ1) is 16.4. The number of nitrogens with one attached hydrogen (secondary N) is 2. The predicted octanol–water partition coefficient (Wildman–Crippen LogP) is 1.83. The minimum Gasteiger partial charge on any atom is -0.480 e. The number of aliphatic hydroxyl groups excluding tert-OH is 1. The molecule has 2 aliphatic rings. The first-order valence-corrected chi connectivity index (χ1v) is 10.7. The zero-order valence-corrected chi connectivity index (χ0v) is 17.8. The van der Waals surface area contributed by atoms with Crippen molar-refractivity contribution in [2.24, 2.45) is 0 Å². The summed E-state index contributed by atoms with van der Waals surface area (Å²) in [4.78, 5) is 41.3. The maximum atomic E-state index is 12.6. The van der Waals surface area contributed by atoms with Crippen LogP contribution in [0.15, 0.2) is 48.5 Å².